The van der Waals surface area contributed by atoms with E-state index >= 15 is 0 Å². The van der Waals surface area contributed by atoms with Gasteiger partial charge in [-0.2, -0.15) is 0 Å². The van der Waals surface area contributed by atoms with Crippen molar-refractivity contribution >= 4 is 0 Å². The van der Waals surface area contributed by atoms with Gasteiger partial charge in [-0.15, -0.1) is 0 Å². The molecule has 0 spiro atoms. The van der Waals surface area contributed by atoms with Crippen molar-refractivity contribution in [2.75, 3.05) is 0 Å². The summed E-state index contributed by atoms with van der Waals surface area (Å²) in [6.07, 6.45) is 11.0. The van der Waals surface area contributed by atoms with E-state index in [1.54, 1.807) is 38.5 Å². The number of fused-ring (bicyclic) bond motifs is 1. The summed E-state index contributed by atoms with van der Waals surface area (Å²) in [7, 11) is 0. The van der Waals surface area contributed by atoms with Gasteiger partial charge in [-0.1, -0.05) is 19.8 Å². The highest BCUT2D eigenvalue weighted by atomic mass is 14.7. The van der Waals surface area contributed by atoms with Gasteiger partial charge in [-0.05, 0) is 55.3 Å². The molecule has 0 heterocycles. The molecule has 0 bridgehead atoms. The third-order valence-electron chi connectivity index (χ3n) is 4.98. The van der Waals surface area contributed by atoms with E-state index in [1.165, 1.54) is 12.3 Å². The molecule has 4 unspecified atom stereocenters. The molecule has 3 saturated carbocycles. The first-order valence-electron chi connectivity index (χ1n) is 5.81. The average Bonchev–Trinajstić information content (AvgIpc) is 2.50. The third kappa shape index (κ3) is 0.843. The molecule has 0 heteroatoms. The Labute approximate surface area is 75.7 Å². The lowest BCUT2D eigenvalue weighted by molar-refractivity contribution is 0.292. The van der Waals surface area contributed by atoms with Crippen molar-refractivity contribution in [3.05, 3.63) is 0 Å². The Morgan fingerprint density at radius 2 is 2.00 bits per heavy atom. The molecule has 0 N–H and O–H groups in total. The van der Waals surface area contributed by atoms with Crippen LogP contribution in [0.3, 0.4) is 0 Å². The summed E-state index contributed by atoms with van der Waals surface area (Å²) in [5.41, 5.74) is 0.921. The zero-order chi connectivity index (χ0) is 8.18. The van der Waals surface area contributed by atoms with Crippen LogP contribution in [0.25, 0.3) is 0 Å². The highest BCUT2D eigenvalue weighted by Gasteiger charge is 2.60. The first kappa shape index (κ1) is 7.41. The van der Waals surface area contributed by atoms with E-state index in [9.17, 15) is 0 Å². The van der Waals surface area contributed by atoms with Gasteiger partial charge in [0.1, 0.15) is 0 Å². The summed E-state index contributed by atoms with van der Waals surface area (Å²) in [5, 5.41) is 0. The zero-order valence-electron chi connectivity index (χ0n) is 8.18. The van der Waals surface area contributed by atoms with Crippen LogP contribution in [0.1, 0.15) is 51.9 Å². The highest BCUT2D eigenvalue weighted by Crippen LogP contribution is 2.70. The van der Waals surface area contributed by atoms with Gasteiger partial charge in [0.05, 0.1) is 0 Å². The Kier molecular flexibility index (Phi) is 1.40. The minimum atomic E-state index is 0.921. The summed E-state index contributed by atoms with van der Waals surface area (Å²) in [5.74, 6) is 3.39. The lowest BCUT2D eigenvalue weighted by Gasteiger charge is -2.20. The fourth-order valence-electron chi connectivity index (χ4n) is 4.21. The maximum Gasteiger partial charge on any atom is -0.0238 e. The minimum absolute atomic E-state index is 0.921. The summed E-state index contributed by atoms with van der Waals surface area (Å²) >= 11 is 0. The second-order valence-electron chi connectivity index (χ2n) is 5.64. The fraction of sp³-hybridized carbons (Fsp3) is 1.00. The molecule has 0 amide bonds. The fourth-order valence-corrected chi connectivity index (χ4v) is 4.21. The van der Waals surface area contributed by atoms with E-state index in [4.69, 9.17) is 0 Å². The normalized spacial score (nSPS) is 57.2. The van der Waals surface area contributed by atoms with Gasteiger partial charge in [0.2, 0.25) is 0 Å². The van der Waals surface area contributed by atoms with Crippen LogP contribution in [0.4, 0.5) is 0 Å². The third-order valence-corrected chi connectivity index (χ3v) is 4.98. The standard InChI is InChI=1S/C12H20/c1-9-4-5-10(7-9)12-6-2-3-11(12)8-12/h9-11H,2-8H2,1H3. The monoisotopic (exact) mass is 164 g/mol. The largest absolute Gasteiger partial charge is 0.0625 e. The molecular formula is C12H20. The number of hydrogen-bond acceptors (Lipinski definition) is 0. The van der Waals surface area contributed by atoms with Crippen molar-refractivity contribution in [2.45, 2.75) is 51.9 Å². The lowest BCUT2D eigenvalue weighted by atomic mass is 9.85. The van der Waals surface area contributed by atoms with Crippen LogP contribution in [0.5, 0.6) is 0 Å². The van der Waals surface area contributed by atoms with E-state index in [0.717, 1.165) is 17.3 Å². The molecule has 3 aliphatic carbocycles. The molecule has 0 aliphatic heterocycles. The number of rotatable bonds is 1. The molecular weight excluding hydrogens is 144 g/mol. The van der Waals surface area contributed by atoms with Crippen LogP contribution < -0.4 is 0 Å². The summed E-state index contributed by atoms with van der Waals surface area (Å²) in [6.45, 7) is 2.45. The Bertz CT molecular complexity index is 196. The molecule has 3 aliphatic rings. The molecule has 3 rings (SSSR count). The predicted octanol–water partition coefficient (Wildman–Crippen LogP) is 3.61. The first-order chi connectivity index (χ1) is 5.81. The van der Waals surface area contributed by atoms with Crippen LogP contribution in [0, 0.1) is 23.2 Å². The van der Waals surface area contributed by atoms with Crippen LogP contribution in [-0.2, 0) is 0 Å². The molecule has 12 heavy (non-hydrogen) atoms. The van der Waals surface area contributed by atoms with Crippen LogP contribution in [0.2, 0.25) is 0 Å². The van der Waals surface area contributed by atoms with Gasteiger partial charge in [0.25, 0.3) is 0 Å². The molecule has 4 atom stereocenters. The summed E-state index contributed by atoms with van der Waals surface area (Å²) in [4.78, 5) is 0. The maximum atomic E-state index is 2.45. The molecule has 0 saturated heterocycles. The van der Waals surface area contributed by atoms with Gasteiger partial charge in [-0.25, -0.2) is 0 Å². The van der Waals surface area contributed by atoms with Crippen molar-refractivity contribution in [1.29, 1.82) is 0 Å². The van der Waals surface area contributed by atoms with E-state index < -0.39 is 0 Å². The van der Waals surface area contributed by atoms with E-state index in [-0.39, 0.29) is 0 Å². The molecule has 68 valence electrons. The minimum Gasteiger partial charge on any atom is -0.0625 e. The highest BCUT2D eigenvalue weighted by molar-refractivity contribution is 5.10. The molecule has 3 fully saturated rings. The summed E-state index contributed by atoms with van der Waals surface area (Å²) < 4.78 is 0. The Hall–Kier alpha value is 0. The molecule has 0 aromatic rings. The van der Waals surface area contributed by atoms with E-state index in [1.807, 2.05) is 0 Å². The smallest absolute Gasteiger partial charge is 0.0238 e. The average molecular weight is 164 g/mol. The van der Waals surface area contributed by atoms with Crippen LogP contribution in [-0.4, -0.2) is 0 Å². The Morgan fingerprint density at radius 3 is 2.50 bits per heavy atom. The predicted molar refractivity (Wildman–Crippen MR) is 50.9 cm³/mol. The summed E-state index contributed by atoms with van der Waals surface area (Å²) in [6, 6.07) is 0. The zero-order valence-corrected chi connectivity index (χ0v) is 8.18. The topological polar surface area (TPSA) is 0 Å². The van der Waals surface area contributed by atoms with Gasteiger partial charge in [0.15, 0.2) is 0 Å². The SMILES string of the molecule is CC1CCC(C23CCCC2C3)C1. The van der Waals surface area contributed by atoms with Gasteiger partial charge >= 0.3 is 0 Å². The van der Waals surface area contributed by atoms with Crippen molar-refractivity contribution in [2.24, 2.45) is 23.2 Å². The van der Waals surface area contributed by atoms with E-state index in [2.05, 4.69) is 6.92 Å². The Balaban J connectivity index is 1.74. The van der Waals surface area contributed by atoms with E-state index in [0.29, 0.717) is 0 Å². The quantitative estimate of drug-likeness (QED) is 0.555. The second-order valence-corrected chi connectivity index (χ2v) is 5.64. The first-order valence-corrected chi connectivity index (χ1v) is 5.81. The number of hydrogen-bond donors (Lipinski definition) is 0. The van der Waals surface area contributed by atoms with Gasteiger partial charge in [0, 0.05) is 0 Å². The second kappa shape index (κ2) is 2.27. The molecule has 0 aromatic heterocycles. The van der Waals surface area contributed by atoms with Gasteiger partial charge < -0.3 is 0 Å². The molecule has 0 radical (unpaired) electrons. The molecule has 0 nitrogen and oxygen atoms in total. The van der Waals surface area contributed by atoms with Gasteiger partial charge in [-0.3, -0.25) is 0 Å². The van der Waals surface area contributed by atoms with Crippen molar-refractivity contribution in [3.8, 4) is 0 Å². The van der Waals surface area contributed by atoms with Crippen molar-refractivity contribution in [3.63, 3.8) is 0 Å². The molecule has 0 aromatic carbocycles. The van der Waals surface area contributed by atoms with Crippen molar-refractivity contribution in [1.82, 2.24) is 0 Å². The maximum absolute atomic E-state index is 2.45. The van der Waals surface area contributed by atoms with Crippen LogP contribution >= 0.6 is 0 Å². The Morgan fingerprint density at radius 1 is 1.08 bits per heavy atom. The lowest BCUT2D eigenvalue weighted by Crippen LogP contribution is -2.12. The van der Waals surface area contributed by atoms with Crippen molar-refractivity contribution < 1.29 is 0 Å². The van der Waals surface area contributed by atoms with Crippen LogP contribution in [0.15, 0.2) is 0 Å².